The third-order valence-corrected chi connectivity index (χ3v) is 4.45. The van der Waals surface area contributed by atoms with Crippen molar-refractivity contribution in [1.29, 1.82) is 0 Å². The van der Waals surface area contributed by atoms with Crippen molar-refractivity contribution >= 4 is 0 Å². The molecule has 0 saturated carbocycles. The van der Waals surface area contributed by atoms with Gasteiger partial charge in [-0.05, 0) is 62.0 Å². The first-order valence-corrected chi connectivity index (χ1v) is 7.94. The summed E-state index contributed by atoms with van der Waals surface area (Å²) in [7, 11) is 1.66. The lowest BCUT2D eigenvalue weighted by atomic mass is 9.85. The van der Waals surface area contributed by atoms with Crippen molar-refractivity contribution in [2.75, 3.05) is 20.2 Å². The van der Waals surface area contributed by atoms with Crippen LogP contribution in [0.4, 0.5) is 0 Å². The molecule has 0 bridgehead atoms. The molecular weight excluding hydrogens is 278 g/mol. The van der Waals surface area contributed by atoms with E-state index in [1.165, 1.54) is 12.8 Å². The van der Waals surface area contributed by atoms with E-state index in [1.54, 1.807) is 7.11 Å². The number of hydrogen-bond acceptors (Lipinski definition) is 5. The van der Waals surface area contributed by atoms with E-state index < -0.39 is 0 Å². The monoisotopic (exact) mass is 301 g/mol. The molecule has 1 saturated heterocycles. The van der Waals surface area contributed by atoms with Gasteiger partial charge in [0.15, 0.2) is 0 Å². The molecule has 1 aromatic heterocycles. The number of aromatic nitrogens is 2. The van der Waals surface area contributed by atoms with Crippen LogP contribution in [0.25, 0.3) is 11.4 Å². The Morgan fingerprint density at radius 1 is 1.36 bits per heavy atom. The van der Waals surface area contributed by atoms with Gasteiger partial charge in [-0.15, -0.1) is 0 Å². The number of rotatable bonds is 5. The predicted octanol–water partition coefficient (Wildman–Crippen LogP) is 2.92. The SMILES string of the molecule is COc1ccc(-c2noc(CC(C)C3CCCNC3)n2)cc1. The molecule has 2 atom stereocenters. The Hall–Kier alpha value is -1.88. The summed E-state index contributed by atoms with van der Waals surface area (Å²) in [5.41, 5.74) is 0.947. The molecule has 1 aromatic carbocycles. The molecule has 5 nitrogen and oxygen atoms in total. The smallest absolute Gasteiger partial charge is 0.227 e. The molecule has 0 aliphatic carbocycles. The van der Waals surface area contributed by atoms with E-state index in [1.807, 2.05) is 24.3 Å². The molecule has 5 heteroatoms. The average molecular weight is 301 g/mol. The van der Waals surface area contributed by atoms with E-state index in [-0.39, 0.29) is 0 Å². The molecule has 3 rings (SSSR count). The van der Waals surface area contributed by atoms with Crippen molar-refractivity contribution in [2.45, 2.75) is 26.2 Å². The second-order valence-electron chi connectivity index (χ2n) is 6.03. The highest BCUT2D eigenvalue weighted by Gasteiger charge is 2.22. The third kappa shape index (κ3) is 3.47. The van der Waals surface area contributed by atoms with Crippen molar-refractivity contribution in [3.8, 4) is 17.1 Å². The summed E-state index contributed by atoms with van der Waals surface area (Å²) >= 11 is 0. The molecule has 118 valence electrons. The zero-order valence-corrected chi connectivity index (χ0v) is 13.2. The summed E-state index contributed by atoms with van der Waals surface area (Å²) in [6.45, 7) is 4.51. The van der Waals surface area contributed by atoms with Crippen molar-refractivity contribution in [3.63, 3.8) is 0 Å². The van der Waals surface area contributed by atoms with Gasteiger partial charge < -0.3 is 14.6 Å². The third-order valence-electron chi connectivity index (χ3n) is 4.45. The molecular formula is C17H23N3O2. The van der Waals surface area contributed by atoms with Gasteiger partial charge in [0.2, 0.25) is 11.7 Å². The molecule has 1 fully saturated rings. The maximum atomic E-state index is 5.42. The average Bonchev–Trinajstić information content (AvgIpc) is 3.04. The van der Waals surface area contributed by atoms with Gasteiger partial charge >= 0.3 is 0 Å². The Morgan fingerprint density at radius 3 is 2.86 bits per heavy atom. The normalized spacial score (nSPS) is 19.8. The molecule has 0 amide bonds. The highest BCUT2D eigenvalue weighted by Crippen LogP contribution is 2.24. The minimum Gasteiger partial charge on any atom is -0.497 e. The zero-order valence-electron chi connectivity index (χ0n) is 13.2. The molecule has 1 aliphatic rings. The minimum absolute atomic E-state index is 0.553. The number of nitrogens with one attached hydrogen (secondary N) is 1. The summed E-state index contributed by atoms with van der Waals surface area (Å²) < 4.78 is 10.6. The van der Waals surface area contributed by atoms with Crippen LogP contribution in [0.5, 0.6) is 5.75 Å². The van der Waals surface area contributed by atoms with Crippen molar-refractivity contribution in [3.05, 3.63) is 30.2 Å². The van der Waals surface area contributed by atoms with Crippen molar-refractivity contribution < 1.29 is 9.26 Å². The topological polar surface area (TPSA) is 60.2 Å². The lowest BCUT2D eigenvalue weighted by Gasteiger charge is -2.27. The number of methoxy groups -OCH3 is 1. The van der Waals surface area contributed by atoms with Gasteiger partial charge in [0.05, 0.1) is 7.11 Å². The molecule has 1 N–H and O–H groups in total. The van der Waals surface area contributed by atoms with Gasteiger partial charge in [-0.2, -0.15) is 4.98 Å². The van der Waals surface area contributed by atoms with Crippen LogP contribution in [0, 0.1) is 11.8 Å². The number of ether oxygens (including phenoxy) is 1. The van der Waals surface area contributed by atoms with Crippen molar-refractivity contribution in [1.82, 2.24) is 15.5 Å². The molecule has 2 heterocycles. The summed E-state index contributed by atoms with van der Waals surface area (Å²) in [5.74, 6) is 3.45. The Labute approximate surface area is 131 Å². The summed E-state index contributed by atoms with van der Waals surface area (Å²) in [4.78, 5) is 4.53. The van der Waals surface area contributed by atoms with Crippen LogP contribution in [0.3, 0.4) is 0 Å². The van der Waals surface area contributed by atoms with Crippen LogP contribution in [-0.2, 0) is 6.42 Å². The van der Waals surface area contributed by atoms with E-state index in [2.05, 4.69) is 22.4 Å². The maximum Gasteiger partial charge on any atom is 0.227 e. The van der Waals surface area contributed by atoms with Gasteiger partial charge in [-0.3, -0.25) is 0 Å². The van der Waals surface area contributed by atoms with Crippen molar-refractivity contribution in [2.24, 2.45) is 11.8 Å². The molecule has 2 unspecified atom stereocenters. The lowest BCUT2D eigenvalue weighted by Crippen LogP contribution is -2.33. The molecule has 22 heavy (non-hydrogen) atoms. The molecule has 0 radical (unpaired) electrons. The van der Waals surface area contributed by atoms with Crippen LogP contribution in [-0.4, -0.2) is 30.3 Å². The standard InChI is InChI=1S/C17H23N3O2/c1-12(14-4-3-9-18-11-14)10-16-19-17(20-22-16)13-5-7-15(21-2)8-6-13/h5-8,12,14,18H,3-4,9-11H2,1-2H3. The van der Waals surface area contributed by atoms with Crippen LogP contribution >= 0.6 is 0 Å². The van der Waals surface area contributed by atoms with Gasteiger partial charge in [-0.1, -0.05) is 12.1 Å². The van der Waals surface area contributed by atoms with E-state index in [0.717, 1.165) is 36.7 Å². The molecule has 2 aromatic rings. The Balaban J connectivity index is 1.64. The van der Waals surface area contributed by atoms with Gasteiger partial charge in [0, 0.05) is 12.0 Å². The zero-order chi connectivity index (χ0) is 15.4. The summed E-state index contributed by atoms with van der Waals surface area (Å²) in [5, 5.41) is 7.56. The van der Waals surface area contributed by atoms with Crippen LogP contribution in [0.1, 0.15) is 25.7 Å². The summed E-state index contributed by atoms with van der Waals surface area (Å²) in [6, 6.07) is 7.70. The first-order valence-electron chi connectivity index (χ1n) is 7.94. The van der Waals surface area contributed by atoms with E-state index >= 15 is 0 Å². The summed E-state index contributed by atoms with van der Waals surface area (Å²) in [6.07, 6.45) is 3.39. The van der Waals surface area contributed by atoms with E-state index in [0.29, 0.717) is 17.7 Å². The Bertz CT molecular complexity index is 588. The number of nitrogens with zero attached hydrogens (tertiary/aromatic N) is 2. The fourth-order valence-electron chi connectivity index (χ4n) is 3.00. The quantitative estimate of drug-likeness (QED) is 0.920. The second-order valence-corrected chi connectivity index (χ2v) is 6.03. The molecule has 0 spiro atoms. The fourth-order valence-corrected chi connectivity index (χ4v) is 3.00. The first-order chi connectivity index (χ1) is 10.8. The van der Waals surface area contributed by atoms with Gasteiger partial charge in [-0.25, -0.2) is 0 Å². The van der Waals surface area contributed by atoms with Crippen LogP contribution in [0.15, 0.2) is 28.8 Å². The highest BCUT2D eigenvalue weighted by molar-refractivity contribution is 5.55. The van der Waals surface area contributed by atoms with Crippen LogP contribution < -0.4 is 10.1 Å². The minimum atomic E-state index is 0.553. The maximum absolute atomic E-state index is 5.42. The Kier molecular flexibility index (Phi) is 4.73. The Morgan fingerprint density at radius 2 is 2.18 bits per heavy atom. The fraction of sp³-hybridized carbons (Fsp3) is 0.529. The number of piperidine rings is 1. The van der Waals surface area contributed by atoms with Gasteiger partial charge in [0.1, 0.15) is 5.75 Å². The van der Waals surface area contributed by atoms with E-state index in [4.69, 9.17) is 9.26 Å². The first kappa shape index (κ1) is 15.0. The second kappa shape index (κ2) is 6.92. The molecule has 1 aliphatic heterocycles. The largest absolute Gasteiger partial charge is 0.497 e. The predicted molar refractivity (Wildman–Crippen MR) is 84.7 cm³/mol. The van der Waals surface area contributed by atoms with E-state index in [9.17, 15) is 0 Å². The van der Waals surface area contributed by atoms with Gasteiger partial charge in [0.25, 0.3) is 0 Å². The van der Waals surface area contributed by atoms with Crippen LogP contribution in [0.2, 0.25) is 0 Å². The number of hydrogen-bond donors (Lipinski definition) is 1. The highest BCUT2D eigenvalue weighted by atomic mass is 16.5. The lowest BCUT2D eigenvalue weighted by molar-refractivity contribution is 0.257. The number of benzene rings is 1.